The van der Waals surface area contributed by atoms with Crippen molar-refractivity contribution in [3.05, 3.63) is 65.4 Å². The number of rotatable bonds is 2. The van der Waals surface area contributed by atoms with Gasteiger partial charge in [-0.05, 0) is 41.1 Å². The molecule has 2 unspecified atom stereocenters. The Morgan fingerprint density at radius 3 is 2.74 bits per heavy atom. The third kappa shape index (κ3) is 2.52. The van der Waals surface area contributed by atoms with Crippen molar-refractivity contribution >= 4 is 28.4 Å². The predicted molar refractivity (Wildman–Crippen MR) is 103 cm³/mol. The quantitative estimate of drug-likeness (QED) is 0.484. The molecule has 0 bridgehead atoms. The van der Waals surface area contributed by atoms with Crippen molar-refractivity contribution in [2.45, 2.75) is 31.5 Å². The number of aromatic amines is 1. The first-order valence-corrected chi connectivity index (χ1v) is 9.16. The zero-order valence-electron chi connectivity index (χ0n) is 14.7. The normalized spacial score (nSPS) is 22.8. The Hall–Kier alpha value is -3.12. The molecule has 27 heavy (non-hydrogen) atoms. The lowest BCUT2D eigenvalue weighted by Crippen LogP contribution is -2.52. The second kappa shape index (κ2) is 5.96. The average Bonchev–Trinajstić information content (AvgIpc) is 3.23. The summed E-state index contributed by atoms with van der Waals surface area (Å²) in [6, 6.07) is 15.7. The minimum atomic E-state index is -0.356. The van der Waals surface area contributed by atoms with Crippen molar-refractivity contribution < 1.29 is 9.59 Å². The highest BCUT2D eigenvalue weighted by molar-refractivity contribution is 6.00. The van der Waals surface area contributed by atoms with Crippen LogP contribution >= 0.6 is 0 Å². The van der Waals surface area contributed by atoms with Crippen LogP contribution in [-0.2, 0) is 16.1 Å². The maximum atomic E-state index is 12.6. The summed E-state index contributed by atoms with van der Waals surface area (Å²) in [7, 11) is 0. The summed E-state index contributed by atoms with van der Waals surface area (Å²) in [5, 5.41) is 3.62. The van der Waals surface area contributed by atoms with Gasteiger partial charge in [0, 0.05) is 29.9 Å². The number of carbonyl (C=O) groups excluding carboxylic acids is 2. The number of para-hydroxylation sites is 1. The molecular formula is C21H20N4O2. The lowest BCUT2D eigenvalue weighted by atomic mass is 9.99. The molecule has 2 aromatic carbocycles. The molecule has 2 aliphatic heterocycles. The molecule has 2 aliphatic rings. The van der Waals surface area contributed by atoms with Gasteiger partial charge in [0.25, 0.3) is 0 Å². The van der Waals surface area contributed by atoms with Crippen LogP contribution in [0.2, 0.25) is 0 Å². The van der Waals surface area contributed by atoms with Crippen molar-refractivity contribution in [2.24, 2.45) is 0 Å². The molecule has 0 radical (unpaired) electrons. The number of nitrogen functional groups attached to an aromatic ring is 1. The van der Waals surface area contributed by atoms with Gasteiger partial charge in [0.15, 0.2) is 0 Å². The summed E-state index contributed by atoms with van der Waals surface area (Å²) >= 11 is 0. The van der Waals surface area contributed by atoms with Gasteiger partial charge >= 0.3 is 0 Å². The number of amides is 2. The number of carbonyl (C=O) groups is 2. The highest BCUT2D eigenvalue weighted by atomic mass is 16.2. The van der Waals surface area contributed by atoms with Crippen molar-refractivity contribution in [3.8, 4) is 0 Å². The fraction of sp³-hybridized carbons (Fsp3) is 0.238. The third-order valence-electron chi connectivity index (χ3n) is 5.67. The fourth-order valence-corrected chi connectivity index (χ4v) is 4.39. The number of hydrogen-bond acceptors (Lipinski definition) is 4. The Balaban J connectivity index is 1.63. The first-order valence-electron chi connectivity index (χ1n) is 9.16. The minimum absolute atomic E-state index is 0.0974. The molecule has 4 N–H and O–H groups in total. The van der Waals surface area contributed by atoms with Gasteiger partial charge in [0.05, 0.1) is 12.1 Å². The summed E-state index contributed by atoms with van der Waals surface area (Å²) in [6.45, 7) is 0.592. The number of piperidine rings is 1. The number of nitrogens with two attached hydrogens (primary N) is 1. The Morgan fingerprint density at radius 1 is 1.07 bits per heavy atom. The molecule has 136 valence electrons. The predicted octanol–water partition coefficient (Wildman–Crippen LogP) is 2.46. The number of anilines is 1. The number of aromatic nitrogens is 1. The number of H-pyrrole nitrogens is 1. The molecule has 1 fully saturated rings. The second-order valence-corrected chi connectivity index (χ2v) is 7.27. The van der Waals surface area contributed by atoms with Crippen LogP contribution in [0.5, 0.6) is 0 Å². The van der Waals surface area contributed by atoms with Crippen LogP contribution in [0, 0.1) is 0 Å². The molecule has 6 nitrogen and oxygen atoms in total. The van der Waals surface area contributed by atoms with E-state index in [-0.39, 0.29) is 23.9 Å². The van der Waals surface area contributed by atoms with Gasteiger partial charge in [-0.1, -0.05) is 30.3 Å². The van der Waals surface area contributed by atoms with E-state index < -0.39 is 0 Å². The second-order valence-electron chi connectivity index (χ2n) is 7.27. The van der Waals surface area contributed by atoms with Gasteiger partial charge in [-0.15, -0.1) is 0 Å². The Bertz CT molecular complexity index is 1040. The maximum Gasteiger partial charge on any atom is 0.243 e. The molecule has 2 atom stereocenters. The first kappa shape index (κ1) is 16.1. The van der Waals surface area contributed by atoms with E-state index in [2.05, 4.69) is 33.4 Å². The lowest BCUT2D eigenvalue weighted by molar-refractivity contribution is -0.138. The highest BCUT2D eigenvalue weighted by Gasteiger charge is 2.42. The molecule has 5 rings (SSSR count). The fourth-order valence-electron chi connectivity index (χ4n) is 4.39. The van der Waals surface area contributed by atoms with Crippen LogP contribution in [0.3, 0.4) is 0 Å². The molecule has 6 heteroatoms. The van der Waals surface area contributed by atoms with E-state index in [4.69, 9.17) is 5.73 Å². The molecule has 3 aromatic rings. The molecule has 2 amide bonds. The Morgan fingerprint density at radius 2 is 1.93 bits per heavy atom. The van der Waals surface area contributed by atoms with Crippen LogP contribution in [0.1, 0.15) is 35.7 Å². The van der Waals surface area contributed by atoms with Gasteiger partial charge in [-0.25, -0.2) is 0 Å². The molecular weight excluding hydrogens is 340 g/mol. The minimum Gasteiger partial charge on any atom is -0.398 e. The molecule has 1 saturated heterocycles. The molecule has 0 spiro atoms. The number of benzene rings is 2. The van der Waals surface area contributed by atoms with Gasteiger partial charge in [-0.2, -0.15) is 0 Å². The van der Waals surface area contributed by atoms with Gasteiger partial charge in [0.2, 0.25) is 11.8 Å². The topological polar surface area (TPSA) is 91.2 Å². The number of nitrogens with one attached hydrogen (secondary N) is 2. The smallest absolute Gasteiger partial charge is 0.243 e. The van der Waals surface area contributed by atoms with E-state index in [0.717, 1.165) is 33.4 Å². The Labute approximate surface area is 156 Å². The molecule has 0 aliphatic carbocycles. The summed E-state index contributed by atoms with van der Waals surface area (Å²) in [4.78, 5) is 29.8. The summed E-state index contributed by atoms with van der Waals surface area (Å²) in [5.74, 6) is -0.423. The summed E-state index contributed by atoms with van der Waals surface area (Å²) < 4.78 is 0. The van der Waals surface area contributed by atoms with Gasteiger partial charge in [-0.3, -0.25) is 19.8 Å². The standard InChI is InChI=1S/C21H20N4O2/c22-15-6-3-5-13-14(15)11-25(18-8-9-19(26)24-21(18)27)20(13)17-10-12-4-1-2-7-16(12)23-17/h1-7,10,18,20,23H,8-9,11,22H2,(H,24,26,27). The molecule has 3 heterocycles. The number of fused-ring (bicyclic) bond motifs is 2. The van der Waals surface area contributed by atoms with Crippen LogP contribution < -0.4 is 11.1 Å². The van der Waals surface area contributed by atoms with E-state index in [1.165, 1.54) is 0 Å². The van der Waals surface area contributed by atoms with E-state index in [9.17, 15) is 9.59 Å². The van der Waals surface area contributed by atoms with Crippen LogP contribution in [0.25, 0.3) is 10.9 Å². The van der Waals surface area contributed by atoms with Crippen LogP contribution in [0.15, 0.2) is 48.5 Å². The van der Waals surface area contributed by atoms with Crippen molar-refractivity contribution in [3.63, 3.8) is 0 Å². The van der Waals surface area contributed by atoms with E-state index in [1.807, 2.05) is 30.3 Å². The number of hydrogen-bond donors (Lipinski definition) is 3. The average molecular weight is 360 g/mol. The van der Waals surface area contributed by atoms with Gasteiger partial charge < -0.3 is 10.7 Å². The van der Waals surface area contributed by atoms with E-state index >= 15 is 0 Å². The van der Waals surface area contributed by atoms with E-state index in [0.29, 0.717) is 19.4 Å². The van der Waals surface area contributed by atoms with Crippen molar-refractivity contribution in [1.29, 1.82) is 0 Å². The SMILES string of the molecule is Nc1cccc2c1CN(C1CCC(=O)NC1=O)C2c1cc2ccccc2[nH]1. The van der Waals surface area contributed by atoms with Crippen molar-refractivity contribution in [1.82, 2.24) is 15.2 Å². The monoisotopic (exact) mass is 360 g/mol. The van der Waals surface area contributed by atoms with Crippen LogP contribution in [0.4, 0.5) is 5.69 Å². The zero-order chi connectivity index (χ0) is 18.5. The first-order chi connectivity index (χ1) is 13.1. The Kier molecular flexibility index (Phi) is 3.55. The summed E-state index contributed by atoms with van der Waals surface area (Å²) in [6.07, 6.45) is 0.882. The van der Waals surface area contributed by atoms with E-state index in [1.54, 1.807) is 0 Å². The summed E-state index contributed by atoms with van der Waals surface area (Å²) in [5.41, 5.74) is 11.3. The zero-order valence-corrected chi connectivity index (χ0v) is 14.7. The lowest BCUT2D eigenvalue weighted by Gasteiger charge is -2.34. The molecule has 0 saturated carbocycles. The number of imide groups is 1. The highest BCUT2D eigenvalue weighted by Crippen LogP contribution is 2.43. The maximum absolute atomic E-state index is 12.6. The molecule has 1 aromatic heterocycles. The van der Waals surface area contributed by atoms with Crippen LogP contribution in [-0.4, -0.2) is 27.7 Å². The number of nitrogens with zero attached hydrogens (tertiary/aromatic N) is 1. The van der Waals surface area contributed by atoms with Crippen molar-refractivity contribution in [2.75, 3.05) is 5.73 Å². The third-order valence-corrected chi connectivity index (χ3v) is 5.67. The van der Waals surface area contributed by atoms with Gasteiger partial charge in [0.1, 0.15) is 0 Å². The largest absolute Gasteiger partial charge is 0.398 e.